The molecule has 1 aliphatic rings. The van der Waals surface area contributed by atoms with Gasteiger partial charge in [-0.05, 0) is 31.5 Å². The molecule has 5 nitrogen and oxygen atoms in total. The number of hydrogen-bond acceptors (Lipinski definition) is 3. The summed E-state index contributed by atoms with van der Waals surface area (Å²) in [5.41, 5.74) is -0.508. The summed E-state index contributed by atoms with van der Waals surface area (Å²) >= 11 is 0. The van der Waals surface area contributed by atoms with Crippen molar-refractivity contribution >= 4 is 11.9 Å². The molecule has 2 N–H and O–H groups in total. The lowest BCUT2D eigenvalue weighted by molar-refractivity contribution is -0.131. The van der Waals surface area contributed by atoms with Crippen molar-refractivity contribution in [3.8, 4) is 0 Å². The average molecular weight is 266 g/mol. The molecule has 0 saturated carbocycles. The molecular formula is C13H15FN2O3. The van der Waals surface area contributed by atoms with Gasteiger partial charge in [0.2, 0.25) is 0 Å². The zero-order valence-corrected chi connectivity index (χ0v) is 10.7. The van der Waals surface area contributed by atoms with Crippen LogP contribution in [0.3, 0.4) is 0 Å². The maximum atomic E-state index is 12.8. The highest BCUT2D eigenvalue weighted by Crippen LogP contribution is 2.21. The van der Waals surface area contributed by atoms with Gasteiger partial charge in [0.05, 0.1) is 12.6 Å². The summed E-state index contributed by atoms with van der Waals surface area (Å²) in [4.78, 5) is 24.5. The number of urea groups is 1. The molecule has 102 valence electrons. The van der Waals surface area contributed by atoms with Crippen molar-refractivity contribution < 1.29 is 19.1 Å². The molecule has 1 aromatic carbocycles. The van der Waals surface area contributed by atoms with E-state index in [1.807, 2.05) is 0 Å². The SMILES string of the molecule is CC1(C)NC(=O)N(C[C@H](O)c2ccc(F)cc2)C1=O. The summed E-state index contributed by atoms with van der Waals surface area (Å²) in [6.07, 6.45) is -1.04. The van der Waals surface area contributed by atoms with E-state index in [2.05, 4.69) is 5.32 Å². The number of imide groups is 1. The topological polar surface area (TPSA) is 69.6 Å². The van der Waals surface area contributed by atoms with E-state index in [0.717, 1.165) is 4.90 Å². The Balaban J connectivity index is 2.11. The monoisotopic (exact) mass is 266 g/mol. The van der Waals surface area contributed by atoms with Crippen molar-refractivity contribution in [1.29, 1.82) is 0 Å². The second-order valence-corrected chi connectivity index (χ2v) is 5.04. The van der Waals surface area contributed by atoms with Gasteiger partial charge >= 0.3 is 6.03 Å². The van der Waals surface area contributed by atoms with E-state index in [1.165, 1.54) is 24.3 Å². The third kappa shape index (κ3) is 2.58. The number of carbonyl (C=O) groups is 2. The molecule has 0 spiro atoms. The van der Waals surface area contributed by atoms with E-state index in [1.54, 1.807) is 13.8 Å². The summed E-state index contributed by atoms with van der Waals surface area (Å²) in [6, 6.07) is 4.74. The van der Waals surface area contributed by atoms with Crippen molar-refractivity contribution in [3.63, 3.8) is 0 Å². The number of β-amino-alcohol motifs (C(OH)–C–C–N with tert-alkyl or cyclic N) is 1. The van der Waals surface area contributed by atoms with Crippen LogP contribution in [0.15, 0.2) is 24.3 Å². The van der Waals surface area contributed by atoms with Crippen LogP contribution in [0.4, 0.5) is 9.18 Å². The van der Waals surface area contributed by atoms with Crippen LogP contribution in [-0.4, -0.2) is 34.0 Å². The third-order valence-electron chi connectivity index (χ3n) is 3.05. The first-order chi connectivity index (χ1) is 8.81. The van der Waals surface area contributed by atoms with E-state index in [-0.39, 0.29) is 6.54 Å². The number of hydrogen-bond donors (Lipinski definition) is 2. The minimum absolute atomic E-state index is 0.153. The first-order valence-corrected chi connectivity index (χ1v) is 5.89. The van der Waals surface area contributed by atoms with E-state index in [0.29, 0.717) is 5.56 Å². The maximum Gasteiger partial charge on any atom is 0.325 e. The summed E-state index contributed by atoms with van der Waals surface area (Å²) in [7, 11) is 0. The lowest BCUT2D eigenvalue weighted by Gasteiger charge is -2.19. The molecule has 3 amide bonds. The van der Waals surface area contributed by atoms with Crippen LogP contribution in [0.1, 0.15) is 25.5 Å². The number of rotatable bonds is 3. The number of benzene rings is 1. The molecule has 1 atom stereocenters. The molecule has 1 fully saturated rings. The summed E-state index contributed by atoms with van der Waals surface area (Å²) < 4.78 is 12.8. The number of amides is 3. The molecule has 6 heteroatoms. The molecule has 1 heterocycles. The van der Waals surface area contributed by atoms with E-state index in [9.17, 15) is 19.1 Å². The predicted molar refractivity (Wildman–Crippen MR) is 65.7 cm³/mol. The Morgan fingerprint density at radius 3 is 2.37 bits per heavy atom. The van der Waals surface area contributed by atoms with Gasteiger partial charge in [-0.3, -0.25) is 9.69 Å². The van der Waals surface area contributed by atoms with Crippen LogP contribution in [0.5, 0.6) is 0 Å². The van der Waals surface area contributed by atoms with Crippen molar-refractivity contribution in [1.82, 2.24) is 10.2 Å². The molecule has 0 unspecified atom stereocenters. The second kappa shape index (κ2) is 4.62. The van der Waals surface area contributed by atoms with Crippen LogP contribution in [0, 0.1) is 5.82 Å². The van der Waals surface area contributed by atoms with Crippen LogP contribution in [0.2, 0.25) is 0 Å². The Kier molecular flexibility index (Phi) is 3.28. The van der Waals surface area contributed by atoms with Gasteiger partial charge in [0.15, 0.2) is 0 Å². The normalized spacial score (nSPS) is 19.5. The van der Waals surface area contributed by atoms with E-state index < -0.39 is 29.4 Å². The second-order valence-electron chi connectivity index (χ2n) is 5.04. The minimum Gasteiger partial charge on any atom is -0.387 e. The van der Waals surface area contributed by atoms with E-state index in [4.69, 9.17) is 0 Å². The van der Waals surface area contributed by atoms with Gasteiger partial charge in [0, 0.05) is 0 Å². The van der Waals surface area contributed by atoms with Crippen molar-refractivity contribution in [2.75, 3.05) is 6.54 Å². The molecule has 0 aliphatic carbocycles. The summed E-state index contributed by atoms with van der Waals surface area (Å²) in [5.74, 6) is -0.800. The highest BCUT2D eigenvalue weighted by molar-refractivity contribution is 6.06. The Bertz CT molecular complexity index is 513. The van der Waals surface area contributed by atoms with Gasteiger partial charge in [-0.25, -0.2) is 9.18 Å². The Labute approximate surface area is 110 Å². The lowest BCUT2D eigenvalue weighted by Crippen LogP contribution is -2.40. The first kappa shape index (κ1) is 13.5. The largest absolute Gasteiger partial charge is 0.387 e. The fraction of sp³-hybridized carbons (Fsp3) is 0.385. The summed E-state index contributed by atoms with van der Waals surface area (Å²) in [5, 5.41) is 12.5. The van der Waals surface area contributed by atoms with Crippen LogP contribution < -0.4 is 5.32 Å². The predicted octanol–water partition coefficient (Wildman–Crippen LogP) is 1.19. The quantitative estimate of drug-likeness (QED) is 0.807. The van der Waals surface area contributed by atoms with Crippen LogP contribution >= 0.6 is 0 Å². The standard InChI is InChI=1S/C13H15FN2O3/c1-13(2)11(18)16(12(19)15-13)7-10(17)8-3-5-9(14)6-4-8/h3-6,10,17H,7H2,1-2H3,(H,15,19)/t10-/m0/s1. The van der Waals surface area contributed by atoms with E-state index >= 15 is 0 Å². The lowest BCUT2D eigenvalue weighted by atomic mass is 10.1. The van der Waals surface area contributed by atoms with Crippen molar-refractivity contribution in [2.45, 2.75) is 25.5 Å². The Morgan fingerprint density at radius 2 is 1.89 bits per heavy atom. The highest BCUT2D eigenvalue weighted by atomic mass is 19.1. The van der Waals surface area contributed by atoms with Crippen molar-refractivity contribution in [3.05, 3.63) is 35.6 Å². The molecule has 0 bridgehead atoms. The Morgan fingerprint density at radius 1 is 1.32 bits per heavy atom. The maximum absolute atomic E-state index is 12.8. The number of nitrogens with one attached hydrogen (secondary N) is 1. The highest BCUT2D eigenvalue weighted by Gasteiger charge is 2.44. The number of aliphatic hydroxyl groups excluding tert-OH is 1. The fourth-order valence-corrected chi connectivity index (χ4v) is 1.95. The zero-order valence-electron chi connectivity index (χ0n) is 10.7. The average Bonchev–Trinajstić information content (AvgIpc) is 2.52. The Hall–Kier alpha value is -1.95. The zero-order chi connectivity index (χ0) is 14.2. The minimum atomic E-state index is -1.04. The number of carbonyl (C=O) groups excluding carboxylic acids is 2. The molecule has 1 aromatic rings. The molecule has 0 radical (unpaired) electrons. The first-order valence-electron chi connectivity index (χ1n) is 5.89. The number of aliphatic hydroxyl groups is 1. The molecule has 19 heavy (non-hydrogen) atoms. The van der Waals surface area contributed by atoms with Gasteiger partial charge in [-0.2, -0.15) is 0 Å². The van der Waals surface area contributed by atoms with Gasteiger partial charge in [-0.15, -0.1) is 0 Å². The molecule has 2 rings (SSSR count). The number of halogens is 1. The number of nitrogens with zero attached hydrogens (tertiary/aromatic N) is 1. The molecule has 1 aliphatic heterocycles. The molecule has 1 saturated heterocycles. The molecular weight excluding hydrogens is 251 g/mol. The van der Waals surface area contributed by atoms with Gasteiger partial charge in [0.25, 0.3) is 5.91 Å². The third-order valence-corrected chi connectivity index (χ3v) is 3.05. The fourth-order valence-electron chi connectivity index (χ4n) is 1.95. The van der Waals surface area contributed by atoms with Gasteiger partial charge < -0.3 is 10.4 Å². The van der Waals surface area contributed by atoms with Gasteiger partial charge in [-0.1, -0.05) is 12.1 Å². The smallest absolute Gasteiger partial charge is 0.325 e. The van der Waals surface area contributed by atoms with Crippen LogP contribution in [0.25, 0.3) is 0 Å². The van der Waals surface area contributed by atoms with Crippen molar-refractivity contribution in [2.24, 2.45) is 0 Å². The summed E-state index contributed by atoms with van der Waals surface area (Å²) in [6.45, 7) is 3.04. The van der Waals surface area contributed by atoms with Gasteiger partial charge in [0.1, 0.15) is 11.4 Å². The van der Waals surface area contributed by atoms with Crippen LogP contribution in [-0.2, 0) is 4.79 Å². The molecule has 0 aromatic heterocycles.